The van der Waals surface area contributed by atoms with Gasteiger partial charge in [0.05, 0.1) is 5.71 Å². The van der Waals surface area contributed by atoms with Crippen molar-refractivity contribution in [2.24, 2.45) is 10.9 Å². The van der Waals surface area contributed by atoms with Gasteiger partial charge in [0.25, 0.3) is 6.43 Å². The Hall–Kier alpha value is -1.03. The van der Waals surface area contributed by atoms with E-state index < -0.39 is 6.43 Å². The standard InChI is InChI=1S/C15H18BrF2N/c1-4-10(2)9-13(16)14(19-3)11-5-7-12(8-6-11)15(17)18/h5-10,15H,4H2,1-3H3/b13-9+,19-14?. The lowest BCUT2D eigenvalue weighted by Crippen LogP contribution is -2.03. The Morgan fingerprint density at radius 3 is 2.32 bits per heavy atom. The molecule has 0 N–H and O–H groups in total. The number of allylic oxidation sites excluding steroid dienone is 2. The molecular weight excluding hydrogens is 312 g/mol. The minimum atomic E-state index is -2.44. The molecule has 1 nitrogen and oxygen atoms in total. The van der Waals surface area contributed by atoms with Gasteiger partial charge >= 0.3 is 0 Å². The number of benzene rings is 1. The van der Waals surface area contributed by atoms with E-state index in [4.69, 9.17) is 0 Å². The van der Waals surface area contributed by atoms with E-state index in [2.05, 4.69) is 40.8 Å². The quantitative estimate of drug-likeness (QED) is 0.644. The van der Waals surface area contributed by atoms with Crippen LogP contribution in [0.3, 0.4) is 0 Å². The summed E-state index contributed by atoms with van der Waals surface area (Å²) in [6.45, 7) is 4.23. The average molecular weight is 330 g/mol. The normalized spacial score (nSPS) is 14.9. The molecule has 0 heterocycles. The smallest absolute Gasteiger partial charge is 0.263 e. The van der Waals surface area contributed by atoms with E-state index in [0.29, 0.717) is 5.92 Å². The Morgan fingerprint density at radius 1 is 1.32 bits per heavy atom. The van der Waals surface area contributed by atoms with E-state index in [9.17, 15) is 8.78 Å². The molecule has 1 rings (SSSR count). The second kappa shape index (κ2) is 7.53. The second-order valence-electron chi connectivity index (χ2n) is 4.40. The molecule has 1 aromatic carbocycles. The van der Waals surface area contributed by atoms with Crippen LogP contribution < -0.4 is 0 Å². The van der Waals surface area contributed by atoms with Gasteiger partial charge in [-0.25, -0.2) is 8.78 Å². The molecule has 0 saturated carbocycles. The zero-order chi connectivity index (χ0) is 14.4. The molecule has 0 aliphatic rings. The van der Waals surface area contributed by atoms with Crippen LogP contribution in [0, 0.1) is 5.92 Å². The van der Waals surface area contributed by atoms with E-state index in [-0.39, 0.29) is 5.56 Å². The van der Waals surface area contributed by atoms with Crippen molar-refractivity contribution in [3.8, 4) is 0 Å². The molecule has 104 valence electrons. The van der Waals surface area contributed by atoms with Crippen LogP contribution in [0.25, 0.3) is 0 Å². The number of nitrogens with zero attached hydrogens (tertiary/aromatic N) is 1. The first-order chi connectivity index (χ1) is 8.99. The van der Waals surface area contributed by atoms with Crippen LogP contribution in [0.15, 0.2) is 39.8 Å². The van der Waals surface area contributed by atoms with Crippen molar-refractivity contribution in [1.29, 1.82) is 0 Å². The highest BCUT2D eigenvalue weighted by atomic mass is 79.9. The number of aliphatic imine (C=N–C) groups is 1. The van der Waals surface area contributed by atoms with Gasteiger partial charge in [0.15, 0.2) is 0 Å². The average Bonchev–Trinajstić information content (AvgIpc) is 2.40. The van der Waals surface area contributed by atoms with Crippen LogP contribution >= 0.6 is 15.9 Å². The van der Waals surface area contributed by atoms with Crippen LogP contribution in [-0.2, 0) is 0 Å². The number of alkyl halides is 2. The minimum absolute atomic E-state index is 0.0289. The fourth-order valence-electron chi connectivity index (χ4n) is 1.61. The van der Waals surface area contributed by atoms with Crippen molar-refractivity contribution < 1.29 is 8.78 Å². The summed E-state index contributed by atoms with van der Waals surface area (Å²) in [6, 6.07) is 6.23. The molecule has 0 saturated heterocycles. The van der Waals surface area contributed by atoms with E-state index >= 15 is 0 Å². The highest BCUT2D eigenvalue weighted by Crippen LogP contribution is 2.22. The van der Waals surface area contributed by atoms with Gasteiger partial charge < -0.3 is 0 Å². The van der Waals surface area contributed by atoms with Crippen molar-refractivity contribution in [2.75, 3.05) is 7.05 Å². The Morgan fingerprint density at radius 2 is 1.89 bits per heavy atom. The van der Waals surface area contributed by atoms with Gasteiger partial charge in [0.1, 0.15) is 0 Å². The summed E-state index contributed by atoms with van der Waals surface area (Å²) >= 11 is 3.51. The van der Waals surface area contributed by atoms with Gasteiger partial charge in [-0.1, -0.05) is 50.6 Å². The van der Waals surface area contributed by atoms with Crippen molar-refractivity contribution in [3.63, 3.8) is 0 Å². The Kier molecular flexibility index (Phi) is 6.35. The van der Waals surface area contributed by atoms with Crippen LogP contribution in [0.5, 0.6) is 0 Å². The molecule has 1 aromatic rings. The molecule has 0 bridgehead atoms. The summed E-state index contributed by atoms with van der Waals surface area (Å²) in [5, 5.41) is 0. The summed E-state index contributed by atoms with van der Waals surface area (Å²) in [4.78, 5) is 4.23. The van der Waals surface area contributed by atoms with Crippen LogP contribution in [0.2, 0.25) is 0 Å². The predicted molar refractivity (Wildman–Crippen MR) is 80.3 cm³/mol. The summed E-state index contributed by atoms with van der Waals surface area (Å²) in [6.07, 6.45) is 0.690. The van der Waals surface area contributed by atoms with E-state index in [1.165, 1.54) is 12.1 Å². The van der Waals surface area contributed by atoms with Gasteiger partial charge in [-0.2, -0.15) is 0 Å². The Labute approximate surface area is 121 Å². The Balaban J connectivity index is 3.01. The molecule has 0 aliphatic carbocycles. The first-order valence-electron chi connectivity index (χ1n) is 6.22. The lowest BCUT2D eigenvalue weighted by atomic mass is 10.0. The number of rotatable bonds is 5. The second-order valence-corrected chi connectivity index (χ2v) is 5.25. The van der Waals surface area contributed by atoms with Crippen molar-refractivity contribution >= 4 is 21.6 Å². The maximum absolute atomic E-state index is 12.5. The highest BCUT2D eigenvalue weighted by molar-refractivity contribution is 9.12. The van der Waals surface area contributed by atoms with Gasteiger partial charge in [0, 0.05) is 22.7 Å². The third-order valence-electron chi connectivity index (χ3n) is 2.96. The van der Waals surface area contributed by atoms with Crippen molar-refractivity contribution in [2.45, 2.75) is 26.7 Å². The number of halogens is 3. The maximum Gasteiger partial charge on any atom is 0.263 e. The molecule has 1 unspecified atom stereocenters. The minimum Gasteiger partial charge on any atom is -0.287 e. The van der Waals surface area contributed by atoms with Crippen LogP contribution in [0.1, 0.15) is 37.8 Å². The zero-order valence-corrected chi connectivity index (χ0v) is 12.9. The SMILES string of the molecule is CCC(C)/C=C(/Br)C(=NC)c1ccc(C(F)F)cc1. The summed E-state index contributed by atoms with van der Waals surface area (Å²) in [7, 11) is 1.70. The molecule has 1 atom stereocenters. The van der Waals surface area contributed by atoms with E-state index in [1.54, 1.807) is 19.2 Å². The van der Waals surface area contributed by atoms with Gasteiger partial charge in [-0.3, -0.25) is 4.99 Å². The van der Waals surface area contributed by atoms with Crippen LogP contribution in [-0.4, -0.2) is 12.8 Å². The van der Waals surface area contributed by atoms with Gasteiger partial charge in [-0.05, 0) is 21.8 Å². The topological polar surface area (TPSA) is 12.4 Å². The fraction of sp³-hybridized carbons (Fsp3) is 0.400. The summed E-state index contributed by atoms with van der Waals surface area (Å²) < 4.78 is 25.9. The molecule has 0 radical (unpaired) electrons. The molecule has 0 spiro atoms. The molecule has 19 heavy (non-hydrogen) atoms. The molecule has 4 heteroatoms. The maximum atomic E-state index is 12.5. The number of hydrogen-bond acceptors (Lipinski definition) is 1. The van der Waals surface area contributed by atoms with E-state index in [0.717, 1.165) is 22.2 Å². The molecule has 0 aromatic heterocycles. The summed E-state index contributed by atoms with van der Waals surface area (Å²) in [5.74, 6) is 0.437. The van der Waals surface area contributed by atoms with Gasteiger partial charge in [0.2, 0.25) is 0 Å². The lowest BCUT2D eigenvalue weighted by Gasteiger charge is -2.09. The third-order valence-corrected chi connectivity index (χ3v) is 3.60. The summed E-state index contributed by atoms with van der Waals surface area (Å²) in [5.41, 5.74) is 1.64. The van der Waals surface area contributed by atoms with E-state index in [1.807, 2.05) is 0 Å². The molecule has 0 aliphatic heterocycles. The monoisotopic (exact) mass is 329 g/mol. The first-order valence-corrected chi connectivity index (χ1v) is 7.01. The van der Waals surface area contributed by atoms with Crippen molar-refractivity contribution in [1.82, 2.24) is 0 Å². The molecule has 0 fully saturated rings. The molecular formula is C15H18BrF2N. The van der Waals surface area contributed by atoms with Gasteiger partial charge in [-0.15, -0.1) is 0 Å². The number of hydrogen-bond donors (Lipinski definition) is 0. The first kappa shape index (κ1) is 16.0. The zero-order valence-electron chi connectivity index (χ0n) is 11.3. The molecule has 0 amide bonds. The highest BCUT2D eigenvalue weighted by Gasteiger charge is 2.10. The Bertz CT molecular complexity index is 464. The van der Waals surface area contributed by atoms with Crippen LogP contribution in [0.4, 0.5) is 8.78 Å². The van der Waals surface area contributed by atoms with Crippen molar-refractivity contribution in [3.05, 3.63) is 46.0 Å². The predicted octanol–water partition coefficient (Wildman–Crippen LogP) is 5.37. The fourth-order valence-corrected chi connectivity index (χ4v) is 2.46. The third kappa shape index (κ3) is 4.53. The lowest BCUT2D eigenvalue weighted by molar-refractivity contribution is 0.151. The largest absolute Gasteiger partial charge is 0.287 e.